The quantitative estimate of drug-likeness (QED) is 0.0257. The van der Waals surface area contributed by atoms with Crippen molar-refractivity contribution >= 4 is 23.6 Å². The summed E-state index contributed by atoms with van der Waals surface area (Å²) in [6, 6.07) is -1.90. The SMILES string of the molecule is CC(C)NC(CCC(=O)NC(CCC(=O)NCCCCCCO[C@H]1O[C@H](CCO)[C@@H](O)[C@@H](O)[C@H]1O)C(=O)NCCCCCCO[C@H]1O[C@H](CO)[C@@H](O)[C@@H](O)[C@H]1O)C(=O)NCCCCCCO[C@H]1O[C@H](CO)[C@@H](O)[C@@H](O)[C@H]1O. The van der Waals surface area contributed by atoms with Gasteiger partial charge in [0.2, 0.25) is 23.6 Å². The molecule has 2 unspecified atom stereocenters. The van der Waals surface area contributed by atoms with Gasteiger partial charge in [-0.1, -0.05) is 52.4 Å². The second-order valence-electron chi connectivity index (χ2n) is 20.3. The number of rotatable bonds is 39. The summed E-state index contributed by atoms with van der Waals surface area (Å²) >= 11 is 0. The van der Waals surface area contributed by atoms with Gasteiger partial charge < -0.3 is 116 Å². The van der Waals surface area contributed by atoms with Crippen LogP contribution in [0.25, 0.3) is 0 Å². The van der Waals surface area contributed by atoms with E-state index in [-0.39, 0.29) is 82.9 Å². The van der Waals surface area contributed by atoms with Crippen molar-refractivity contribution in [1.82, 2.24) is 26.6 Å². The highest BCUT2D eigenvalue weighted by atomic mass is 16.7. The topological polar surface area (TPSA) is 427 Å². The largest absolute Gasteiger partial charge is 0.396 e. The van der Waals surface area contributed by atoms with Gasteiger partial charge in [-0.25, -0.2) is 0 Å². The standard InChI is InChI=1S/C50H93N5O22/c1-29(2)54-30(46(70)52-21-10-4-7-13-25-73-49-44(68)41(65)38(62)33(27-57)76-49)16-18-36(60)55-31(47(71)53-22-11-5-8-14-26-74-50-45(69)42(66)39(63)34(28-58)77-50)15-17-35(59)51-20-9-3-6-12-24-72-48-43(67)40(64)37(61)32(75-48)19-23-56/h29-34,37-45,48-50,54,56-58,61-69H,3-28H2,1-2H3,(H,51,59)(H,52,70)(H,53,71)(H,55,60)/t30?,31?,32-,33-,34-,37-,38-,39-,40-,41-,42-,43-,44-,45-,48+,49+,50+/m1/s1. The van der Waals surface area contributed by atoms with Gasteiger partial charge in [0.05, 0.1) is 25.4 Å². The van der Waals surface area contributed by atoms with Crippen LogP contribution in [-0.2, 0) is 47.6 Å². The van der Waals surface area contributed by atoms with Gasteiger partial charge in [-0.15, -0.1) is 0 Å². The molecule has 0 radical (unpaired) electrons. The first-order valence-electron chi connectivity index (χ1n) is 27.5. The third-order valence-corrected chi connectivity index (χ3v) is 13.6. The Kier molecular flexibility index (Phi) is 33.7. The molecule has 0 aliphatic carbocycles. The minimum absolute atomic E-state index is 0.00987. The summed E-state index contributed by atoms with van der Waals surface area (Å²) in [4.78, 5) is 53.1. The van der Waals surface area contributed by atoms with E-state index in [0.717, 1.165) is 12.8 Å². The van der Waals surface area contributed by atoms with Gasteiger partial charge in [0.1, 0.15) is 73.2 Å². The molecule has 0 bridgehead atoms. The molecular formula is C50H93N5O22. The van der Waals surface area contributed by atoms with Gasteiger partial charge in [0, 0.05) is 64.9 Å². The van der Waals surface area contributed by atoms with Gasteiger partial charge in [-0.3, -0.25) is 19.2 Å². The van der Waals surface area contributed by atoms with Crippen LogP contribution in [0.15, 0.2) is 0 Å². The highest BCUT2D eigenvalue weighted by molar-refractivity contribution is 5.89. The van der Waals surface area contributed by atoms with Crippen molar-refractivity contribution < 1.29 is 109 Å². The summed E-state index contributed by atoms with van der Waals surface area (Å²) in [6.45, 7) is 3.84. The Labute approximate surface area is 450 Å². The van der Waals surface area contributed by atoms with E-state index in [2.05, 4.69) is 26.6 Å². The van der Waals surface area contributed by atoms with Crippen LogP contribution in [0.2, 0.25) is 0 Å². The lowest BCUT2D eigenvalue weighted by Crippen LogP contribution is -2.59. The zero-order valence-corrected chi connectivity index (χ0v) is 44.7. The van der Waals surface area contributed by atoms with Crippen molar-refractivity contribution in [3.63, 3.8) is 0 Å². The van der Waals surface area contributed by atoms with Crippen LogP contribution >= 0.6 is 0 Å². The van der Waals surface area contributed by atoms with Crippen LogP contribution in [-0.4, -0.2) is 254 Å². The number of aliphatic hydroxyl groups excluding tert-OH is 12. The number of nitrogens with one attached hydrogen (secondary N) is 5. The van der Waals surface area contributed by atoms with Crippen molar-refractivity contribution in [3.05, 3.63) is 0 Å². The maximum absolute atomic E-state index is 13.5. The van der Waals surface area contributed by atoms with Crippen LogP contribution < -0.4 is 26.6 Å². The molecule has 0 aromatic carbocycles. The molecular weight excluding hydrogens is 1020 g/mol. The number of amides is 4. The zero-order chi connectivity index (χ0) is 56.9. The predicted octanol–water partition coefficient (Wildman–Crippen LogP) is -4.73. The number of carbonyl (C=O) groups is 4. The van der Waals surface area contributed by atoms with Crippen molar-refractivity contribution in [2.45, 2.75) is 233 Å². The molecule has 3 aliphatic heterocycles. The molecule has 0 aromatic rings. The predicted molar refractivity (Wildman–Crippen MR) is 271 cm³/mol. The average Bonchev–Trinajstić information content (AvgIpc) is 3.41. The van der Waals surface area contributed by atoms with Gasteiger partial charge >= 0.3 is 0 Å². The molecule has 0 spiro atoms. The first-order chi connectivity index (χ1) is 36.8. The minimum Gasteiger partial charge on any atom is -0.396 e. The molecule has 0 saturated carbocycles. The van der Waals surface area contributed by atoms with Gasteiger partial charge in [0.25, 0.3) is 0 Å². The summed E-state index contributed by atoms with van der Waals surface area (Å²) in [5, 5.41) is 133. The van der Waals surface area contributed by atoms with Gasteiger partial charge in [0.15, 0.2) is 18.9 Å². The normalized spacial score (nSPS) is 30.4. The fourth-order valence-electron chi connectivity index (χ4n) is 8.94. The third kappa shape index (κ3) is 24.4. The third-order valence-electron chi connectivity index (χ3n) is 13.6. The molecule has 3 saturated heterocycles. The fraction of sp³-hybridized carbons (Fsp3) is 0.920. The van der Waals surface area contributed by atoms with E-state index < -0.39 is 129 Å². The maximum Gasteiger partial charge on any atom is 0.242 e. The lowest BCUT2D eigenvalue weighted by molar-refractivity contribution is -0.301. The van der Waals surface area contributed by atoms with Gasteiger partial charge in [-0.2, -0.15) is 0 Å². The number of carbonyl (C=O) groups excluding carboxylic acids is 4. The van der Waals surface area contributed by atoms with Crippen LogP contribution in [0.5, 0.6) is 0 Å². The summed E-state index contributed by atoms with van der Waals surface area (Å²) in [6.07, 6.45) is -12.2. The highest BCUT2D eigenvalue weighted by Crippen LogP contribution is 2.26. The molecule has 450 valence electrons. The molecule has 4 amide bonds. The van der Waals surface area contributed by atoms with Gasteiger partial charge in [-0.05, 0) is 57.8 Å². The lowest BCUT2D eigenvalue weighted by atomic mass is 9.97. The molecule has 27 heteroatoms. The second kappa shape index (κ2) is 37.9. The Hall–Kier alpha value is -2.88. The molecule has 0 aromatic heterocycles. The fourth-order valence-corrected chi connectivity index (χ4v) is 8.94. The van der Waals surface area contributed by atoms with Crippen LogP contribution in [0.3, 0.4) is 0 Å². The van der Waals surface area contributed by atoms with Crippen LogP contribution in [0.4, 0.5) is 0 Å². The Morgan fingerprint density at radius 1 is 0.442 bits per heavy atom. The van der Waals surface area contributed by atoms with E-state index in [1.165, 1.54) is 0 Å². The molecule has 27 nitrogen and oxygen atoms in total. The number of hydrogen-bond donors (Lipinski definition) is 17. The van der Waals surface area contributed by atoms with Crippen molar-refractivity contribution in [2.75, 3.05) is 59.3 Å². The van der Waals surface area contributed by atoms with E-state index in [4.69, 9.17) is 28.4 Å². The molecule has 3 heterocycles. The number of aliphatic hydroxyl groups is 12. The number of hydrogen-bond acceptors (Lipinski definition) is 23. The highest BCUT2D eigenvalue weighted by Gasteiger charge is 2.46. The average molecular weight is 1120 g/mol. The van der Waals surface area contributed by atoms with E-state index in [9.17, 15) is 80.5 Å². The molecule has 3 rings (SSSR count). The van der Waals surface area contributed by atoms with Crippen LogP contribution in [0.1, 0.15) is 123 Å². The van der Waals surface area contributed by atoms with E-state index in [0.29, 0.717) is 77.3 Å². The van der Waals surface area contributed by atoms with Crippen LogP contribution in [0, 0.1) is 0 Å². The first kappa shape index (κ1) is 68.4. The van der Waals surface area contributed by atoms with Crippen molar-refractivity contribution in [2.24, 2.45) is 0 Å². The Morgan fingerprint density at radius 3 is 1.22 bits per heavy atom. The molecule has 3 fully saturated rings. The Morgan fingerprint density at radius 2 is 0.805 bits per heavy atom. The summed E-state index contributed by atoms with van der Waals surface area (Å²) < 4.78 is 32.9. The zero-order valence-electron chi connectivity index (χ0n) is 44.7. The molecule has 3 aliphatic rings. The number of unbranched alkanes of at least 4 members (excludes halogenated alkanes) is 9. The van der Waals surface area contributed by atoms with Crippen molar-refractivity contribution in [3.8, 4) is 0 Å². The summed E-state index contributed by atoms with van der Waals surface area (Å²) in [5.41, 5.74) is 0. The van der Waals surface area contributed by atoms with E-state index >= 15 is 0 Å². The molecule has 17 N–H and O–H groups in total. The Bertz CT molecular complexity index is 1640. The number of ether oxygens (including phenoxy) is 6. The van der Waals surface area contributed by atoms with E-state index in [1.54, 1.807) is 0 Å². The molecule has 77 heavy (non-hydrogen) atoms. The second-order valence-corrected chi connectivity index (χ2v) is 20.3. The first-order valence-corrected chi connectivity index (χ1v) is 27.5. The maximum atomic E-state index is 13.5. The smallest absolute Gasteiger partial charge is 0.242 e. The van der Waals surface area contributed by atoms with E-state index in [1.807, 2.05) is 13.8 Å². The minimum atomic E-state index is -1.55. The summed E-state index contributed by atoms with van der Waals surface area (Å²) in [5.74, 6) is -1.62. The monoisotopic (exact) mass is 1120 g/mol. The Balaban J connectivity index is 1.42. The lowest BCUT2D eigenvalue weighted by Gasteiger charge is -2.40. The summed E-state index contributed by atoms with van der Waals surface area (Å²) in [7, 11) is 0. The van der Waals surface area contributed by atoms with Crippen molar-refractivity contribution in [1.29, 1.82) is 0 Å². The molecule has 17 atom stereocenters.